The van der Waals surface area contributed by atoms with Crippen LogP contribution < -0.4 is 5.73 Å². The van der Waals surface area contributed by atoms with Gasteiger partial charge >= 0.3 is 12.1 Å². The fourth-order valence-corrected chi connectivity index (χ4v) is 2.37. The number of nitrogen functional groups attached to an aromatic ring is 1. The summed E-state index contributed by atoms with van der Waals surface area (Å²) in [5.41, 5.74) is 5.83. The van der Waals surface area contributed by atoms with Crippen molar-refractivity contribution in [3.63, 3.8) is 0 Å². The molecule has 2 aromatic rings. The average molecular weight is 426 g/mol. The van der Waals surface area contributed by atoms with Crippen LogP contribution in [0.4, 0.5) is 19.0 Å². The number of nitrogens with zero attached hydrogens (tertiary/aromatic N) is 3. The Labute approximate surface area is 158 Å². The van der Waals surface area contributed by atoms with Crippen molar-refractivity contribution in [1.82, 2.24) is 20.1 Å². The number of rotatable bonds is 2. The van der Waals surface area contributed by atoms with E-state index in [2.05, 4.69) is 15.2 Å². The van der Waals surface area contributed by atoms with E-state index in [4.69, 9.17) is 43.9 Å². The van der Waals surface area contributed by atoms with E-state index < -0.39 is 12.1 Å². The molecule has 1 saturated heterocycles. The molecule has 0 spiro atoms. The highest BCUT2D eigenvalue weighted by molar-refractivity contribution is 7.71. The maximum atomic E-state index is 12.2. The largest absolute Gasteiger partial charge is 0.490 e. The zero-order valence-electron chi connectivity index (χ0n) is 13.2. The number of H-pyrrole nitrogens is 1. The molecule has 146 valence electrons. The lowest BCUT2D eigenvalue weighted by Gasteiger charge is -2.37. The highest BCUT2D eigenvalue weighted by Crippen LogP contribution is 2.28. The molecule has 1 fully saturated rings. The van der Waals surface area contributed by atoms with Crippen LogP contribution in [-0.2, 0) is 4.79 Å². The molecular weight excluding hydrogens is 415 g/mol. The Morgan fingerprint density at radius 2 is 2.00 bits per heavy atom. The third kappa shape index (κ3) is 5.17. The number of hydrogen-bond donors (Lipinski definition) is 3. The molecule has 2 aromatic heterocycles. The van der Waals surface area contributed by atoms with Gasteiger partial charge in [0, 0.05) is 13.1 Å². The summed E-state index contributed by atoms with van der Waals surface area (Å²) < 4.78 is 37.0. The summed E-state index contributed by atoms with van der Waals surface area (Å²) in [6.07, 6.45) is -5.08. The fourth-order valence-electron chi connectivity index (χ4n) is 1.99. The summed E-state index contributed by atoms with van der Waals surface area (Å²) in [4.78, 5) is 26.8. The number of aromatic nitrogens is 3. The fraction of sp³-hybridized carbons (Fsp3) is 0.308. The third-order valence-corrected chi connectivity index (χ3v) is 3.78. The van der Waals surface area contributed by atoms with E-state index in [9.17, 15) is 18.0 Å². The number of hydrogen-bond acceptors (Lipinski definition) is 7. The van der Waals surface area contributed by atoms with Crippen LogP contribution in [-0.4, -0.2) is 56.3 Å². The van der Waals surface area contributed by atoms with Crippen LogP contribution in [0.1, 0.15) is 22.2 Å². The zero-order valence-corrected chi connectivity index (χ0v) is 14.7. The summed E-state index contributed by atoms with van der Waals surface area (Å²) in [6, 6.07) is 3.11. The van der Waals surface area contributed by atoms with E-state index >= 15 is 0 Å². The van der Waals surface area contributed by atoms with Crippen LogP contribution in [0.2, 0.25) is 5.15 Å². The second-order valence-corrected chi connectivity index (χ2v) is 5.96. The molecule has 0 aromatic carbocycles. The molecule has 3 heterocycles. The van der Waals surface area contributed by atoms with Crippen molar-refractivity contribution >= 4 is 41.5 Å². The van der Waals surface area contributed by atoms with E-state index in [1.807, 2.05) is 0 Å². The maximum Gasteiger partial charge on any atom is 0.490 e. The molecule has 0 atom stereocenters. The first-order valence-electron chi connectivity index (χ1n) is 7.06. The predicted molar refractivity (Wildman–Crippen MR) is 87.7 cm³/mol. The minimum atomic E-state index is -5.08. The van der Waals surface area contributed by atoms with Crippen molar-refractivity contribution in [1.29, 1.82) is 0 Å². The quantitative estimate of drug-likeness (QED) is 0.492. The van der Waals surface area contributed by atoms with Crippen molar-refractivity contribution in [3.8, 4) is 0 Å². The van der Waals surface area contributed by atoms with Gasteiger partial charge in [-0.05, 0) is 24.4 Å². The number of aliphatic carboxylic acids is 1. The zero-order chi connectivity index (χ0) is 20.4. The van der Waals surface area contributed by atoms with E-state index in [1.54, 1.807) is 17.0 Å². The summed E-state index contributed by atoms with van der Waals surface area (Å²) in [5.74, 6) is -2.10. The Kier molecular flexibility index (Phi) is 6.05. The van der Waals surface area contributed by atoms with Crippen molar-refractivity contribution in [2.75, 3.05) is 18.8 Å². The third-order valence-electron chi connectivity index (χ3n) is 3.32. The molecule has 1 aliphatic rings. The van der Waals surface area contributed by atoms with Gasteiger partial charge in [-0.2, -0.15) is 13.2 Å². The minimum absolute atomic E-state index is 0.0485. The van der Waals surface area contributed by atoms with Crippen LogP contribution in [0.25, 0.3) is 0 Å². The number of anilines is 1. The molecule has 0 saturated carbocycles. The number of pyridine rings is 1. The number of halogens is 4. The van der Waals surface area contributed by atoms with Gasteiger partial charge in [0.1, 0.15) is 11.0 Å². The molecule has 1 aliphatic heterocycles. The average Bonchev–Trinajstić information content (AvgIpc) is 2.91. The lowest BCUT2D eigenvalue weighted by Crippen LogP contribution is -2.48. The van der Waals surface area contributed by atoms with E-state index in [0.717, 1.165) is 0 Å². The minimum Gasteiger partial charge on any atom is -0.475 e. The molecule has 4 N–H and O–H groups in total. The molecule has 27 heavy (non-hydrogen) atoms. The molecular formula is C13H11ClF3N5O4S. The van der Waals surface area contributed by atoms with Crippen molar-refractivity contribution in [3.05, 3.63) is 33.6 Å². The Bertz CT molecular complexity index is 910. The molecule has 3 rings (SSSR count). The number of nitrogens with one attached hydrogen (secondary N) is 1. The SMILES string of the molecule is Nc1ccc(C(=O)N2CC(c3n[nH]c(=S)o3)C2)c(Cl)n1.O=C(O)C(F)(F)F. The summed E-state index contributed by atoms with van der Waals surface area (Å²) in [6.45, 7) is 1.01. The number of likely N-dealkylation sites (tertiary alicyclic amines) is 1. The van der Waals surface area contributed by atoms with Gasteiger partial charge in [0.2, 0.25) is 5.89 Å². The van der Waals surface area contributed by atoms with Gasteiger partial charge in [-0.1, -0.05) is 11.6 Å². The topological polar surface area (TPSA) is 138 Å². The molecule has 14 heteroatoms. The first-order chi connectivity index (χ1) is 12.5. The second kappa shape index (κ2) is 7.92. The van der Waals surface area contributed by atoms with Crippen molar-refractivity contribution in [2.24, 2.45) is 0 Å². The number of alkyl halides is 3. The van der Waals surface area contributed by atoms with Crippen molar-refractivity contribution < 1.29 is 32.3 Å². The van der Waals surface area contributed by atoms with Gasteiger partial charge in [-0.3, -0.25) is 4.79 Å². The number of amides is 1. The molecule has 1 amide bonds. The summed E-state index contributed by atoms with van der Waals surface area (Å²) in [5, 5.41) is 13.7. The van der Waals surface area contributed by atoms with Crippen LogP contribution in [0, 0.1) is 4.84 Å². The highest BCUT2D eigenvalue weighted by Gasteiger charge is 2.38. The number of aromatic amines is 1. The number of carbonyl (C=O) groups excluding carboxylic acids is 1. The molecule has 0 bridgehead atoms. The number of carboxylic acids is 1. The molecule has 0 unspecified atom stereocenters. The second-order valence-electron chi connectivity index (χ2n) is 5.24. The van der Waals surface area contributed by atoms with Crippen molar-refractivity contribution in [2.45, 2.75) is 12.1 Å². The van der Waals surface area contributed by atoms with E-state index in [1.165, 1.54) is 0 Å². The predicted octanol–water partition coefficient (Wildman–Crippen LogP) is 2.24. The van der Waals surface area contributed by atoms with E-state index in [0.29, 0.717) is 24.5 Å². The van der Waals surface area contributed by atoms with Crippen LogP contribution in [0.5, 0.6) is 0 Å². The number of carboxylic acid groups (broad SMARTS) is 1. The lowest BCUT2D eigenvalue weighted by molar-refractivity contribution is -0.192. The molecule has 9 nitrogen and oxygen atoms in total. The summed E-state index contributed by atoms with van der Waals surface area (Å²) in [7, 11) is 0. The van der Waals surface area contributed by atoms with Gasteiger partial charge < -0.3 is 20.2 Å². The van der Waals surface area contributed by atoms with E-state index in [-0.39, 0.29) is 27.6 Å². The van der Waals surface area contributed by atoms with Gasteiger partial charge in [0.25, 0.3) is 10.7 Å². The lowest BCUT2D eigenvalue weighted by atomic mass is 9.99. The Morgan fingerprint density at radius 3 is 2.44 bits per heavy atom. The van der Waals surface area contributed by atoms with Crippen LogP contribution in [0.15, 0.2) is 16.5 Å². The Hall–Kier alpha value is -2.67. The number of nitrogens with two attached hydrogens (primary N) is 1. The Balaban J connectivity index is 0.000000321. The standard InChI is InChI=1S/C11H10ClN5O2S.C2HF3O2/c12-8-6(1-2-7(13)14-8)10(18)17-3-5(4-17)9-15-16-11(20)19-9;3-2(4,5)1(6)7/h1-2,5H,3-4H2,(H2,13,14)(H,16,20);(H,6,7). The molecule has 0 radical (unpaired) electrons. The van der Waals surface area contributed by atoms with Gasteiger partial charge in [-0.25, -0.2) is 14.9 Å². The number of carbonyl (C=O) groups is 2. The molecule has 0 aliphatic carbocycles. The monoisotopic (exact) mass is 425 g/mol. The van der Waals surface area contributed by atoms with Gasteiger partial charge in [0.15, 0.2) is 0 Å². The normalized spacial score (nSPS) is 14.1. The van der Waals surface area contributed by atoms with Crippen LogP contribution in [0.3, 0.4) is 0 Å². The Morgan fingerprint density at radius 1 is 1.41 bits per heavy atom. The van der Waals surface area contributed by atoms with Gasteiger partial charge in [-0.15, -0.1) is 5.10 Å². The van der Waals surface area contributed by atoms with Crippen LogP contribution >= 0.6 is 23.8 Å². The van der Waals surface area contributed by atoms with Gasteiger partial charge in [0.05, 0.1) is 11.5 Å². The maximum absolute atomic E-state index is 12.2. The first kappa shape index (κ1) is 20.6. The smallest absolute Gasteiger partial charge is 0.475 e. The summed E-state index contributed by atoms with van der Waals surface area (Å²) >= 11 is 10.7. The first-order valence-corrected chi connectivity index (χ1v) is 7.84. The highest BCUT2D eigenvalue weighted by atomic mass is 35.5.